The molecule has 0 saturated carbocycles. The third kappa shape index (κ3) is 5.53. The molecule has 1 aliphatic heterocycles. The molecule has 0 radical (unpaired) electrons. The molecule has 1 fully saturated rings. The van der Waals surface area contributed by atoms with Gasteiger partial charge in [0.15, 0.2) is 0 Å². The average Bonchev–Trinajstić information content (AvgIpc) is 2.71. The van der Waals surface area contributed by atoms with Crippen LogP contribution in [-0.4, -0.2) is 43.7 Å². The smallest absolute Gasteiger partial charge is 0.221 e. The summed E-state index contributed by atoms with van der Waals surface area (Å²) in [7, 11) is 0. The van der Waals surface area contributed by atoms with Crippen molar-refractivity contribution in [3.05, 3.63) is 70.7 Å². The second-order valence-corrected chi connectivity index (χ2v) is 7.12. The molecular weight excluding hydrogens is 362 g/mol. The minimum Gasteiger partial charge on any atom is -0.379 e. The summed E-state index contributed by atoms with van der Waals surface area (Å²) >= 11 is 6.43. The monoisotopic (exact) mass is 387 g/mol. The molecule has 1 heterocycles. The van der Waals surface area contributed by atoms with Crippen molar-refractivity contribution >= 4 is 17.5 Å². The number of benzene rings is 2. The van der Waals surface area contributed by atoms with Crippen LogP contribution < -0.4 is 11.1 Å². The number of morpholine rings is 1. The van der Waals surface area contributed by atoms with Gasteiger partial charge >= 0.3 is 0 Å². The van der Waals surface area contributed by atoms with Crippen molar-refractivity contribution in [3.8, 4) is 0 Å². The van der Waals surface area contributed by atoms with Gasteiger partial charge in [-0.25, -0.2) is 0 Å². The quantitative estimate of drug-likeness (QED) is 0.766. The predicted molar refractivity (Wildman–Crippen MR) is 108 cm³/mol. The topological polar surface area (TPSA) is 67.6 Å². The lowest BCUT2D eigenvalue weighted by molar-refractivity contribution is -0.121. The highest BCUT2D eigenvalue weighted by Gasteiger charge is 2.25. The minimum absolute atomic E-state index is 0.0134. The molecule has 2 aromatic rings. The molecule has 2 unspecified atom stereocenters. The largest absolute Gasteiger partial charge is 0.379 e. The van der Waals surface area contributed by atoms with Gasteiger partial charge in [-0.05, 0) is 17.2 Å². The van der Waals surface area contributed by atoms with Crippen LogP contribution in [0.1, 0.15) is 29.6 Å². The van der Waals surface area contributed by atoms with Gasteiger partial charge in [0.1, 0.15) is 0 Å². The number of nitrogens with zero attached hydrogens (tertiary/aromatic N) is 1. The SMILES string of the molecule is NC(CC(=O)NCC(c1ccccc1Cl)N1CCOCC1)c1ccccc1. The second kappa shape index (κ2) is 9.85. The molecular formula is C21H26ClN3O2. The van der Waals surface area contributed by atoms with Crippen LogP contribution in [-0.2, 0) is 9.53 Å². The molecule has 1 aliphatic rings. The van der Waals surface area contributed by atoms with E-state index in [-0.39, 0.29) is 24.4 Å². The van der Waals surface area contributed by atoms with E-state index in [1.165, 1.54) is 0 Å². The Hall–Kier alpha value is -1.92. The van der Waals surface area contributed by atoms with Crippen molar-refractivity contribution in [2.24, 2.45) is 5.73 Å². The number of nitrogens with one attached hydrogen (secondary N) is 1. The normalized spacial score (nSPS) is 17.3. The Morgan fingerprint density at radius 2 is 1.78 bits per heavy atom. The maximum atomic E-state index is 12.5. The van der Waals surface area contributed by atoms with Gasteiger partial charge in [-0.1, -0.05) is 60.1 Å². The van der Waals surface area contributed by atoms with E-state index in [4.69, 9.17) is 22.1 Å². The molecule has 0 bridgehead atoms. The fourth-order valence-corrected chi connectivity index (χ4v) is 3.63. The second-order valence-electron chi connectivity index (χ2n) is 6.71. The molecule has 3 rings (SSSR count). The Kier molecular flexibility index (Phi) is 7.24. The summed E-state index contributed by atoms with van der Waals surface area (Å²) in [4.78, 5) is 14.8. The number of halogens is 1. The number of hydrogen-bond acceptors (Lipinski definition) is 4. The molecule has 0 spiro atoms. The summed E-state index contributed by atoms with van der Waals surface area (Å²) in [6.45, 7) is 3.50. The standard InChI is InChI=1S/C21H26ClN3O2/c22-18-9-5-4-8-17(18)20(25-10-12-27-13-11-25)15-24-21(26)14-19(23)16-6-2-1-3-7-16/h1-9,19-20H,10-15,23H2,(H,24,26). The number of hydrogen-bond donors (Lipinski definition) is 2. The fourth-order valence-electron chi connectivity index (χ4n) is 3.37. The van der Waals surface area contributed by atoms with Crippen molar-refractivity contribution in [2.75, 3.05) is 32.8 Å². The van der Waals surface area contributed by atoms with Gasteiger partial charge in [-0.2, -0.15) is 0 Å². The van der Waals surface area contributed by atoms with Gasteiger partial charge < -0.3 is 15.8 Å². The van der Waals surface area contributed by atoms with Gasteiger partial charge in [0.25, 0.3) is 0 Å². The summed E-state index contributed by atoms with van der Waals surface area (Å²) in [6, 6.07) is 17.2. The number of rotatable bonds is 7. The van der Waals surface area contributed by atoms with Gasteiger partial charge in [-0.15, -0.1) is 0 Å². The summed E-state index contributed by atoms with van der Waals surface area (Å²) in [5.41, 5.74) is 8.15. The van der Waals surface area contributed by atoms with Crippen molar-refractivity contribution in [3.63, 3.8) is 0 Å². The van der Waals surface area contributed by atoms with E-state index < -0.39 is 0 Å². The molecule has 144 valence electrons. The zero-order chi connectivity index (χ0) is 19.1. The first-order valence-electron chi connectivity index (χ1n) is 9.28. The highest BCUT2D eigenvalue weighted by Crippen LogP contribution is 2.28. The van der Waals surface area contributed by atoms with Crippen LogP contribution in [0.2, 0.25) is 5.02 Å². The molecule has 3 N–H and O–H groups in total. The first-order chi connectivity index (χ1) is 13.1. The lowest BCUT2D eigenvalue weighted by atomic mass is 10.0. The summed E-state index contributed by atoms with van der Waals surface area (Å²) < 4.78 is 5.46. The third-order valence-corrected chi connectivity index (χ3v) is 5.22. The van der Waals surface area contributed by atoms with Crippen LogP contribution in [0.15, 0.2) is 54.6 Å². The van der Waals surface area contributed by atoms with E-state index in [0.29, 0.717) is 24.8 Å². The van der Waals surface area contributed by atoms with Crippen molar-refractivity contribution < 1.29 is 9.53 Å². The first kappa shape index (κ1) is 19.8. The zero-order valence-electron chi connectivity index (χ0n) is 15.3. The van der Waals surface area contributed by atoms with Crippen molar-refractivity contribution in [1.82, 2.24) is 10.2 Å². The van der Waals surface area contributed by atoms with E-state index in [1.807, 2.05) is 54.6 Å². The summed E-state index contributed by atoms with van der Waals surface area (Å²) in [5.74, 6) is -0.0586. The number of amides is 1. The molecule has 1 amide bonds. The van der Waals surface area contributed by atoms with Gasteiger partial charge in [-0.3, -0.25) is 9.69 Å². The lowest BCUT2D eigenvalue weighted by Gasteiger charge is -2.35. The van der Waals surface area contributed by atoms with Crippen molar-refractivity contribution in [2.45, 2.75) is 18.5 Å². The Morgan fingerprint density at radius 3 is 2.48 bits per heavy atom. The van der Waals surface area contributed by atoms with E-state index in [0.717, 1.165) is 24.2 Å². The number of ether oxygens (including phenoxy) is 1. The molecule has 0 aromatic heterocycles. The van der Waals surface area contributed by atoms with Gasteiger partial charge in [0.2, 0.25) is 5.91 Å². The van der Waals surface area contributed by atoms with E-state index >= 15 is 0 Å². The number of carbonyl (C=O) groups is 1. The van der Waals surface area contributed by atoms with Crippen LogP contribution in [0, 0.1) is 0 Å². The number of carbonyl (C=O) groups excluding carboxylic acids is 1. The van der Waals surface area contributed by atoms with Gasteiger partial charge in [0.05, 0.1) is 19.3 Å². The molecule has 27 heavy (non-hydrogen) atoms. The summed E-state index contributed by atoms with van der Waals surface area (Å²) in [5, 5.41) is 3.76. The Balaban J connectivity index is 1.63. The molecule has 0 aliphatic carbocycles. The minimum atomic E-state index is -0.312. The Morgan fingerprint density at radius 1 is 1.11 bits per heavy atom. The van der Waals surface area contributed by atoms with Crippen molar-refractivity contribution in [1.29, 1.82) is 0 Å². The molecule has 2 aromatic carbocycles. The lowest BCUT2D eigenvalue weighted by Crippen LogP contribution is -2.44. The Labute approximate surface area is 165 Å². The first-order valence-corrected chi connectivity index (χ1v) is 9.66. The van der Waals surface area contributed by atoms with Crippen LogP contribution in [0.3, 0.4) is 0 Å². The third-order valence-electron chi connectivity index (χ3n) is 4.88. The highest BCUT2D eigenvalue weighted by atomic mass is 35.5. The summed E-state index contributed by atoms with van der Waals surface area (Å²) in [6.07, 6.45) is 0.252. The van der Waals surface area contributed by atoms with Crippen LogP contribution >= 0.6 is 11.6 Å². The molecule has 5 nitrogen and oxygen atoms in total. The average molecular weight is 388 g/mol. The number of nitrogens with two attached hydrogens (primary N) is 1. The van der Waals surface area contributed by atoms with Crippen LogP contribution in [0.5, 0.6) is 0 Å². The van der Waals surface area contributed by atoms with E-state index in [1.54, 1.807) is 0 Å². The Bertz CT molecular complexity index is 735. The highest BCUT2D eigenvalue weighted by molar-refractivity contribution is 6.31. The zero-order valence-corrected chi connectivity index (χ0v) is 16.1. The molecule has 6 heteroatoms. The molecule has 2 atom stereocenters. The van der Waals surface area contributed by atoms with Gasteiger partial charge in [0, 0.05) is 37.1 Å². The molecule has 1 saturated heterocycles. The van der Waals surface area contributed by atoms with Crippen LogP contribution in [0.25, 0.3) is 0 Å². The maximum absolute atomic E-state index is 12.5. The van der Waals surface area contributed by atoms with E-state index in [2.05, 4.69) is 10.2 Å². The van der Waals surface area contributed by atoms with E-state index in [9.17, 15) is 4.79 Å². The fraction of sp³-hybridized carbons (Fsp3) is 0.381. The predicted octanol–water partition coefficient (Wildman–Crippen LogP) is 2.92. The maximum Gasteiger partial charge on any atom is 0.221 e. The van der Waals surface area contributed by atoms with Crippen LogP contribution in [0.4, 0.5) is 0 Å².